The van der Waals surface area contributed by atoms with Crippen LogP contribution in [0.4, 0.5) is 0 Å². The molecule has 0 bridgehead atoms. The molecule has 0 saturated carbocycles. The van der Waals surface area contributed by atoms with Crippen LogP contribution in [0.15, 0.2) is 23.5 Å². The molecule has 1 fully saturated rings. The van der Waals surface area contributed by atoms with Crippen LogP contribution in [0.2, 0.25) is 0 Å². The molecule has 4 nitrogen and oxygen atoms in total. The number of hydrogen-bond donors (Lipinski definition) is 1. The van der Waals surface area contributed by atoms with Gasteiger partial charge >= 0.3 is 0 Å². The van der Waals surface area contributed by atoms with Gasteiger partial charge in [0.1, 0.15) is 0 Å². The van der Waals surface area contributed by atoms with Crippen molar-refractivity contribution >= 4 is 16.9 Å². The lowest BCUT2D eigenvalue weighted by molar-refractivity contribution is 0.521. The highest BCUT2D eigenvalue weighted by molar-refractivity contribution is 8.14. The van der Waals surface area contributed by atoms with Gasteiger partial charge in [0.2, 0.25) is 0 Å². The van der Waals surface area contributed by atoms with Crippen LogP contribution >= 0.6 is 11.8 Å². The number of aliphatic imine (C=N–C) groups is 1. The van der Waals surface area contributed by atoms with E-state index in [1.807, 2.05) is 16.9 Å². The largest absolute Gasteiger partial charge is 0.359 e. The molecule has 2 rings (SSSR count). The molecule has 1 aliphatic rings. The van der Waals surface area contributed by atoms with Crippen molar-refractivity contribution in [3.8, 4) is 0 Å². The minimum absolute atomic E-state index is 0.176. The van der Waals surface area contributed by atoms with Crippen LogP contribution in [-0.2, 0) is 6.54 Å². The Kier molecular flexibility index (Phi) is 3.23. The Morgan fingerprint density at radius 1 is 1.69 bits per heavy atom. The van der Waals surface area contributed by atoms with Crippen LogP contribution in [0, 0.1) is 0 Å². The molecule has 88 valence electrons. The number of nitrogens with one attached hydrogen (secondary N) is 1. The molecule has 1 N–H and O–H groups in total. The topological polar surface area (TPSA) is 42.2 Å². The van der Waals surface area contributed by atoms with Crippen LogP contribution in [-0.4, -0.2) is 32.3 Å². The Bertz CT molecular complexity index is 369. The Labute approximate surface area is 101 Å². The lowest BCUT2D eigenvalue weighted by atomic mass is 10.1. The van der Waals surface area contributed by atoms with Gasteiger partial charge in [0.25, 0.3) is 0 Å². The van der Waals surface area contributed by atoms with Crippen molar-refractivity contribution in [2.45, 2.75) is 38.9 Å². The standard InChI is InChI=1S/C11H18N4S/c1-9(7-15-6-4-5-12-15)13-10-14-11(2,3)8-16-10/h4-6,9H,7-8H2,1-3H3,(H,13,14). The van der Waals surface area contributed by atoms with Crippen LogP contribution < -0.4 is 5.32 Å². The molecule has 1 atom stereocenters. The molecule has 0 radical (unpaired) electrons. The summed E-state index contributed by atoms with van der Waals surface area (Å²) in [6.45, 7) is 7.34. The summed E-state index contributed by atoms with van der Waals surface area (Å²) in [5.41, 5.74) is 0.176. The second-order valence-corrected chi connectivity index (χ2v) is 5.77. The van der Waals surface area contributed by atoms with Gasteiger partial charge < -0.3 is 5.32 Å². The molecular formula is C11H18N4S. The van der Waals surface area contributed by atoms with Gasteiger partial charge in [-0.3, -0.25) is 9.67 Å². The first-order valence-electron chi connectivity index (χ1n) is 5.51. The van der Waals surface area contributed by atoms with E-state index in [4.69, 9.17) is 0 Å². The lowest BCUT2D eigenvalue weighted by Gasteiger charge is -2.16. The summed E-state index contributed by atoms with van der Waals surface area (Å²) in [5, 5.41) is 8.66. The Morgan fingerprint density at radius 2 is 2.50 bits per heavy atom. The van der Waals surface area contributed by atoms with E-state index in [9.17, 15) is 0 Å². The molecule has 1 aromatic rings. The summed E-state index contributed by atoms with van der Waals surface area (Å²) in [7, 11) is 0. The predicted octanol–water partition coefficient (Wildman–Crippen LogP) is 1.74. The minimum atomic E-state index is 0.176. The zero-order valence-electron chi connectivity index (χ0n) is 9.97. The maximum Gasteiger partial charge on any atom is 0.157 e. The monoisotopic (exact) mass is 238 g/mol. The van der Waals surface area contributed by atoms with E-state index in [0.717, 1.165) is 17.5 Å². The Hall–Kier alpha value is -0.970. The highest BCUT2D eigenvalue weighted by Crippen LogP contribution is 2.22. The first kappa shape index (κ1) is 11.5. The summed E-state index contributed by atoms with van der Waals surface area (Å²) in [6.07, 6.45) is 3.77. The number of hydrogen-bond acceptors (Lipinski definition) is 3. The maximum atomic E-state index is 4.65. The zero-order valence-corrected chi connectivity index (χ0v) is 10.8. The number of amidine groups is 1. The maximum absolute atomic E-state index is 4.65. The van der Waals surface area contributed by atoms with Gasteiger partial charge in [-0.15, -0.1) is 0 Å². The van der Waals surface area contributed by atoms with Crippen LogP contribution in [0.3, 0.4) is 0 Å². The van der Waals surface area contributed by atoms with Gasteiger partial charge in [-0.25, -0.2) is 0 Å². The second kappa shape index (κ2) is 4.49. The van der Waals surface area contributed by atoms with Crippen molar-refractivity contribution < 1.29 is 0 Å². The Balaban J connectivity index is 1.92. The third kappa shape index (κ3) is 3.01. The average molecular weight is 238 g/mol. The van der Waals surface area contributed by atoms with Gasteiger partial charge in [-0.1, -0.05) is 11.8 Å². The first-order valence-corrected chi connectivity index (χ1v) is 6.50. The van der Waals surface area contributed by atoms with E-state index in [1.54, 1.807) is 18.0 Å². The number of nitrogens with zero attached hydrogens (tertiary/aromatic N) is 3. The molecule has 0 amide bonds. The second-order valence-electron chi connectivity index (χ2n) is 4.81. The third-order valence-electron chi connectivity index (χ3n) is 2.36. The minimum Gasteiger partial charge on any atom is -0.359 e. The van der Waals surface area contributed by atoms with Crippen LogP contribution in [0.25, 0.3) is 0 Å². The SMILES string of the molecule is CC(Cn1cccn1)N=C1NC(C)(C)CS1. The fourth-order valence-electron chi connectivity index (χ4n) is 1.60. The fourth-order valence-corrected chi connectivity index (χ4v) is 2.77. The number of thioether (sulfide) groups is 1. The van der Waals surface area contributed by atoms with E-state index in [0.29, 0.717) is 0 Å². The predicted molar refractivity (Wildman–Crippen MR) is 68.8 cm³/mol. The summed E-state index contributed by atoms with van der Waals surface area (Å²) >= 11 is 1.80. The molecule has 5 heteroatoms. The average Bonchev–Trinajstić information content (AvgIpc) is 2.76. The number of rotatable bonds is 3. The summed E-state index contributed by atoms with van der Waals surface area (Å²) in [5.74, 6) is 1.08. The molecule has 0 aromatic carbocycles. The van der Waals surface area contributed by atoms with Crippen molar-refractivity contribution in [1.29, 1.82) is 0 Å². The molecule has 2 heterocycles. The van der Waals surface area contributed by atoms with Crippen molar-refractivity contribution in [2.24, 2.45) is 4.99 Å². The van der Waals surface area contributed by atoms with Crippen molar-refractivity contribution in [3.63, 3.8) is 0 Å². The molecule has 0 aliphatic carbocycles. The van der Waals surface area contributed by atoms with Gasteiger partial charge in [0, 0.05) is 23.7 Å². The quantitative estimate of drug-likeness (QED) is 0.872. The smallest absolute Gasteiger partial charge is 0.157 e. The van der Waals surface area contributed by atoms with Crippen molar-refractivity contribution in [1.82, 2.24) is 15.1 Å². The molecule has 16 heavy (non-hydrogen) atoms. The normalized spacial score (nSPS) is 23.3. The molecule has 1 unspecified atom stereocenters. The first-order chi connectivity index (χ1) is 7.55. The molecular weight excluding hydrogens is 220 g/mol. The fraction of sp³-hybridized carbons (Fsp3) is 0.636. The van der Waals surface area contributed by atoms with Crippen LogP contribution in [0.5, 0.6) is 0 Å². The summed E-state index contributed by atoms with van der Waals surface area (Å²) < 4.78 is 1.92. The molecule has 1 aliphatic heterocycles. The van der Waals surface area contributed by atoms with E-state index in [1.165, 1.54) is 0 Å². The highest BCUT2D eigenvalue weighted by Gasteiger charge is 2.27. The Morgan fingerprint density at radius 3 is 3.06 bits per heavy atom. The third-order valence-corrected chi connectivity index (χ3v) is 3.71. The van der Waals surface area contributed by atoms with Gasteiger partial charge in [0.15, 0.2) is 5.17 Å². The van der Waals surface area contributed by atoms with Gasteiger partial charge in [-0.05, 0) is 26.8 Å². The van der Waals surface area contributed by atoms with Gasteiger partial charge in [0.05, 0.1) is 12.6 Å². The van der Waals surface area contributed by atoms with E-state index in [2.05, 4.69) is 36.2 Å². The summed E-state index contributed by atoms with van der Waals surface area (Å²) in [4.78, 5) is 4.65. The zero-order chi connectivity index (χ0) is 11.6. The summed E-state index contributed by atoms with van der Waals surface area (Å²) in [6, 6.07) is 2.19. The van der Waals surface area contributed by atoms with E-state index >= 15 is 0 Å². The molecule has 1 saturated heterocycles. The van der Waals surface area contributed by atoms with E-state index in [-0.39, 0.29) is 11.6 Å². The van der Waals surface area contributed by atoms with Crippen molar-refractivity contribution in [2.75, 3.05) is 5.75 Å². The number of aromatic nitrogens is 2. The van der Waals surface area contributed by atoms with Crippen LogP contribution in [0.1, 0.15) is 20.8 Å². The molecule has 1 aromatic heterocycles. The van der Waals surface area contributed by atoms with Gasteiger partial charge in [-0.2, -0.15) is 5.10 Å². The van der Waals surface area contributed by atoms with Crippen molar-refractivity contribution in [3.05, 3.63) is 18.5 Å². The lowest BCUT2D eigenvalue weighted by Crippen LogP contribution is -2.37. The van der Waals surface area contributed by atoms with E-state index < -0.39 is 0 Å². The molecule has 0 spiro atoms. The highest BCUT2D eigenvalue weighted by atomic mass is 32.2.